The van der Waals surface area contributed by atoms with E-state index in [1.165, 1.54) is 12.8 Å². The molecule has 0 heterocycles. The second-order valence-corrected chi connectivity index (χ2v) is 4.44. The van der Waals surface area contributed by atoms with Gasteiger partial charge in [0.15, 0.2) is 0 Å². The van der Waals surface area contributed by atoms with E-state index < -0.39 is 0 Å². The Bertz CT molecular complexity index is 234. The summed E-state index contributed by atoms with van der Waals surface area (Å²) in [5.74, 6) is 1.11. The Balaban J connectivity index is 2.13. The summed E-state index contributed by atoms with van der Waals surface area (Å²) >= 11 is 0. The van der Waals surface area contributed by atoms with E-state index in [4.69, 9.17) is 5.11 Å². The minimum Gasteiger partial charge on any atom is -0.516 e. The normalized spacial score (nSPS) is 38.8. The first-order chi connectivity index (χ1) is 6.27. The summed E-state index contributed by atoms with van der Waals surface area (Å²) in [4.78, 5) is 11.8. The first-order valence-electron chi connectivity index (χ1n) is 5.09. The highest BCUT2D eigenvalue weighted by Gasteiger charge is 2.45. The zero-order valence-electron chi connectivity index (χ0n) is 7.83. The van der Waals surface area contributed by atoms with Gasteiger partial charge in [-0.2, -0.15) is 0 Å². The van der Waals surface area contributed by atoms with Crippen LogP contribution in [0.3, 0.4) is 0 Å². The van der Waals surface area contributed by atoms with Crippen molar-refractivity contribution in [3.8, 4) is 0 Å². The first kappa shape index (κ1) is 8.79. The molecule has 0 saturated heterocycles. The highest BCUT2D eigenvalue weighted by Crippen LogP contribution is 2.49. The lowest BCUT2D eigenvalue weighted by molar-refractivity contribution is -0.137. The molecular formula is C11H16O2. The van der Waals surface area contributed by atoms with Gasteiger partial charge in [0.1, 0.15) is 5.78 Å². The lowest BCUT2D eigenvalue weighted by Gasteiger charge is -2.44. The molecule has 0 atom stereocenters. The molecule has 2 heteroatoms. The smallest absolute Gasteiger partial charge is 0.139 e. The third-order valence-corrected chi connectivity index (χ3v) is 3.74. The van der Waals surface area contributed by atoms with Crippen LogP contribution in [0.1, 0.15) is 38.5 Å². The third kappa shape index (κ3) is 1.38. The first-order valence-corrected chi connectivity index (χ1v) is 5.09. The molecule has 0 radical (unpaired) electrons. The fourth-order valence-electron chi connectivity index (χ4n) is 2.79. The van der Waals surface area contributed by atoms with Crippen LogP contribution < -0.4 is 0 Å². The average molecular weight is 180 g/mol. The molecular weight excluding hydrogens is 164 g/mol. The van der Waals surface area contributed by atoms with Crippen LogP contribution in [0.5, 0.6) is 0 Å². The van der Waals surface area contributed by atoms with Crippen molar-refractivity contribution in [2.45, 2.75) is 38.5 Å². The molecule has 2 bridgehead atoms. The predicted octanol–water partition coefficient (Wildman–Crippen LogP) is 2.60. The molecule has 1 N–H and O–H groups in total. The number of aliphatic hydroxyl groups is 1. The van der Waals surface area contributed by atoms with E-state index in [9.17, 15) is 4.79 Å². The van der Waals surface area contributed by atoms with Gasteiger partial charge in [0.2, 0.25) is 0 Å². The fourth-order valence-corrected chi connectivity index (χ4v) is 2.79. The summed E-state index contributed by atoms with van der Waals surface area (Å²) in [6, 6.07) is 0. The van der Waals surface area contributed by atoms with E-state index in [1.54, 1.807) is 6.08 Å². The van der Waals surface area contributed by atoms with E-state index in [2.05, 4.69) is 0 Å². The van der Waals surface area contributed by atoms with Crippen LogP contribution in [0.2, 0.25) is 0 Å². The van der Waals surface area contributed by atoms with Crippen LogP contribution >= 0.6 is 0 Å². The summed E-state index contributed by atoms with van der Waals surface area (Å²) in [5.41, 5.74) is -0.0893. The number of Topliss-reactive ketones (excluding diaryl/α,β-unsaturated/α-hetero) is 1. The Morgan fingerprint density at radius 1 is 1.46 bits per heavy atom. The molecule has 72 valence electrons. The number of allylic oxidation sites excluding steroid dienone is 1. The van der Waals surface area contributed by atoms with Gasteiger partial charge in [0, 0.05) is 11.8 Å². The van der Waals surface area contributed by atoms with Crippen LogP contribution in [0, 0.1) is 11.3 Å². The molecule has 0 aliphatic heterocycles. The Labute approximate surface area is 78.6 Å². The number of hydrogen-bond acceptors (Lipinski definition) is 2. The Hall–Kier alpha value is -0.790. The maximum atomic E-state index is 11.8. The highest BCUT2D eigenvalue weighted by atomic mass is 16.2. The second-order valence-electron chi connectivity index (χ2n) is 4.44. The van der Waals surface area contributed by atoms with Gasteiger partial charge in [-0.05, 0) is 44.1 Å². The van der Waals surface area contributed by atoms with Gasteiger partial charge in [-0.15, -0.1) is 0 Å². The van der Waals surface area contributed by atoms with Crippen molar-refractivity contribution in [3.05, 3.63) is 12.3 Å². The van der Waals surface area contributed by atoms with Crippen LogP contribution in [-0.4, -0.2) is 10.9 Å². The van der Waals surface area contributed by atoms with Gasteiger partial charge in [0.05, 0.1) is 6.26 Å². The Morgan fingerprint density at radius 3 is 2.69 bits per heavy atom. The molecule has 0 aromatic rings. The average Bonchev–Trinajstić information content (AvgIpc) is 2.17. The number of hydrogen-bond donors (Lipinski definition) is 1. The van der Waals surface area contributed by atoms with Gasteiger partial charge in [-0.3, -0.25) is 4.79 Å². The standard InChI is InChI=1S/C11H16O2/c12-7-1-4-11-5-2-9(3-6-11)8-10(11)13/h1,7,9,12H,2-6,8H2. The summed E-state index contributed by atoms with van der Waals surface area (Å²) in [6.07, 6.45) is 8.85. The molecule has 3 rings (SSSR count). The molecule has 3 fully saturated rings. The second kappa shape index (κ2) is 3.17. The number of rotatable bonds is 2. The van der Waals surface area contributed by atoms with Crippen LogP contribution in [-0.2, 0) is 4.79 Å². The van der Waals surface area contributed by atoms with Crippen LogP contribution in [0.25, 0.3) is 0 Å². The third-order valence-electron chi connectivity index (χ3n) is 3.74. The molecule has 3 saturated carbocycles. The van der Waals surface area contributed by atoms with E-state index in [-0.39, 0.29) is 5.41 Å². The largest absolute Gasteiger partial charge is 0.516 e. The topological polar surface area (TPSA) is 37.3 Å². The molecule has 0 aromatic carbocycles. The lowest BCUT2D eigenvalue weighted by Crippen LogP contribution is -2.42. The lowest BCUT2D eigenvalue weighted by atomic mass is 9.58. The molecule has 0 spiro atoms. The van der Waals surface area contributed by atoms with Crippen molar-refractivity contribution < 1.29 is 9.90 Å². The molecule has 3 aliphatic rings. The summed E-state index contributed by atoms with van der Waals surface area (Å²) in [7, 11) is 0. The predicted molar refractivity (Wildman–Crippen MR) is 50.4 cm³/mol. The summed E-state index contributed by atoms with van der Waals surface area (Å²) < 4.78 is 0. The molecule has 0 amide bonds. The molecule has 0 aromatic heterocycles. The van der Waals surface area contributed by atoms with Crippen molar-refractivity contribution in [3.63, 3.8) is 0 Å². The van der Waals surface area contributed by atoms with Gasteiger partial charge in [0.25, 0.3) is 0 Å². The highest BCUT2D eigenvalue weighted by molar-refractivity contribution is 5.86. The SMILES string of the molecule is O=C1CC2CCC1(CC=CO)CC2. The number of carbonyl (C=O) groups excluding carboxylic acids is 1. The van der Waals surface area contributed by atoms with Crippen molar-refractivity contribution >= 4 is 5.78 Å². The zero-order valence-corrected chi connectivity index (χ0v) is 7.83. The quantitative estimate of drug-likeness (QED) is 0.663. The Morgan fingerprint density at radius 2 is 2.15 bits per heavy atom. The summed E-state index contributed by atoms with van der Waals surface area (Å²) in [6.45, 7) is 0. The Kier molecular flexibility index (Phi) is 2.14. The fraction of sp³-hybridized carbons (Fsp3) is 0.727. The van der Waals surface area contributed by atoms with Crippen molar-refractivity contribution in [2.24, 2.45) is 11.3 Å². The van der Waals surface area contributed by atoms with Crippen molar-refractivity contribution in [1.29, 1.82) is 0 Å². The van der Waals surface area contributed by atoms with Crippen molar-refractivity contribution in [1.82, 2.24) is 0 Å². The van der Waals surface area contributed by atoms with E-state index >= 15 is 0 Å². The van der Waals surface area contributed by atoms with Crippen molar-refractivity contribution in [2.75, 3.05) is 0 Å². The minimum absolute atomic E-state index is 0.0893. The minimum atomic E-state index is -0.0893. The number of fused-ring (bicyclic) bond motifs is 3. The van der Waals surface area contributed by atoms with E-state index in [0.29, 0.717) is 11.7 Å². The molecule has 2 nitrogen and oxygen atoms in total. The van der Waals surface area contributed by atoms with Gasteiger partial charge in [-0.1, -0.05) is 0 Å². The van der Waals surface area contributed by atoms with Gasteiger partial charge in [-0.25, -0.2) is 0 Å². The van der Waals surface area contributed by atoms with Gasteiger partial charge < -0.3 is 5.11 Å². The number of carbonyl (C=O) groups is 1. The number of ketones is 1. The zero-order chi connectivity index (χ0) is 9.31. The monoisotopic (exact) mass is 180 g/mol. The van der Waals surface area contributed by atoms with E-state index in [1.807, 2.05) is 0 Å². The molecule has 0 unspecified atom stereocenters. The number of aliphatic hydroxyl groups excluding tert-OH is 1. The van der Waals surface area contributed by atoms with Gasteiger partial charge >= 0.3 is 0 Å². The maximum Gasteiger partial charge on any atom is 0.139 e. The summed E-state index contributed by atoms with van der Waals surface area (Å²) in [5, 5.41) is 8.61. The molecule has 13 heavy (non-hydrogen) atoms. The van der Waals surface area contributed by atoms with E-state index in [0.717, 1.165) is 31.9 Å². The van der Waals surface area contributed by atoms with Crippen LogP contribution in [0.15, 0.2) is 12.3 Å². The maximum absolute atomic E-state index is 11.8. The van der Waals surface area contributed by atoms with Crippen LogP contribution in [0.4, 0.5) is 0 Å². The molecule has 3 aliphatic carbocycles.